The average molecular weight is 220 g/mol. The van der Waals surface area contributed by atoms with Gasteiger partial charge >= 0.3 is 0 Å². The third-order valence-corrected chi connectivity index (χ3v) is 2.35. The maximum atomic E-state index is 13.3. The molecule has 1 aromatic heterocycles. The molecule has 0 aliphatic heterocycles. The third kappa shape index (κ3) is 2.35. The minimum atomic E-state index is -0.263. The molecule has 1 aromatic carbocycles. The third-order valence-electron chi connectivity index (χ3n) is 2.35. The van der Waals surface area contributed by atoms with Crippen LogP contribution in [-0.4, -0.2) is 23.2 Å². The van der Waals surface area contributed by atoms with Gasteiger partial charge in [-0.1, -0.05) is 6.07 Å². The van der Waals surface area contributed by atoms with Crippen molar-refractivity contribution >= 4 is 10.9 Å². The van der Waals surface area contributed by atoms with E-state index in [0.29, 0.717) is 13.1 Å². The Labute approximate surface area is 92.9 Å². The number of hydrogen-bond donors (Lipinski definition) is 2. The van der Waals surface area contributed by atoms with Crippen molar-refractivity contribution in [2.45, 2.75) is 6.54 Å². The van der Waals surface area contributed by atoms with Crippen molar-refractivity contribution in [2.75, 3.05) is 13.2 Å². The summed E-state index contributed by atoms with van der Waals surface area (Å²) in [6.45, 7) is 1.07. The molecule has 0 radical (unpaired) electrons. The largest absolute Gasteiger partial charge is 0.395 e. The molecule has 3 nitrogen and oxygen atoms in total. The molecule has 0 bridgehead atoms. The molecule has 84 valence electrons. The first-order valence-corrected chi connectivity index (χ1v) is 5.16. The zero-order valence-electron chi connectivity index (χ0n) is 8.78. The highest BCUT2D eigenvalue weighted by molar-refractivity contribution is 5.81. The van der Waals surface area contributed by atoms with Gasteiger partial charge in [-0.2, -0.15) is 0 Å². The lowest BCUT2D eigenvalue weighted by molar-refractivity contribution is 0.292. The molecule has 16 heavy (non-hydrogen) atoms. The van der Waals surface area contributed by atoms with Crippen LogP contribution < -0.4 is 5.32 Å². The second kappa shape index (κ2) is 5.01. The predicted octanol–water partition coefficient (Wildman–Crippen LogP) is 1.46. The first-order valence-electron chi connectivity index (χ1n) is 5.16. The summed E-state index contributed by atoms with van der Waals surface area (Å²) in [6, 6.07) is 6.56. The van der Waals surface area contributed by atoms with Gasteiger partial charge < -0.3 is 10.4 Å². The van der Waals surface area contributed by atoms with Crippen molar-refractivity contribution in [3.05, 3.63) is 41.8 Å². The molecule has 0 spiro atoms. The lowest BCUT2D eigenvalue weighted by Crippen LogP contribution is -2.17. The predicted molar refractivity (Wildman–Crippen MR) is 60.5 cm³/mol. The van der Waals surface area contributed by atoms with Gasteiger partial charge in [0.25, 0.3) is 0 Å². The highest BCUT2D eigenvalue weighted by Gasteiger charge is 2.04. The number of aliphatic hydroxyl groups excluding tert-OH is 1. The number of fused-ring (bicyclic) bond motifs is 1. The van der Waals surface area contributed by atoms with Crippen molar-refractivity contribution in [3.63, 3.8) is 0 Å². The van der Waals surface area contributed by atoms with E-state index >= 15 is 0 Å². The van der Waals surface area contributed by atoms with Crippen LogP contribution in [0.2, 0.25) is 0 Å². The summed E-state index contributed by atoms with van der Waals surface area (Å²) in [5, 5.41) is 12.5. The normalized spacial score (nSPS) is 10.9. The number of pyridine rings is 1. The lowest BCUT2D eigenvalue weighted by Gasteiger charge is -2.06. The molecule has 0 aliphatic rings. The van der Waals surface area contributed by atoms with Crippen LogP contribution in [0, 0.1) is 5.82 Å². The summed E-state index contributed by atoms with van der Waals surface area (Å²) in [5.74, 6) is -0.263. The van der Waals surface area contributed by atoms with Crippen LogP contribution in [-0.2, 0) is 6.54 Å². The quantitative estimate of drug-likeness (QED) is 0.767. The Kier molecular flexibility index (Phi) is 3.44. The van der Waals surface area contributed by atoms with Crippen molar-refractivity contribution in [2.24, 2.45) is 0 Å². The van der Waals surface area contributed by atoms with Crippen LogP contribution in [0.1, 0.15) is 5.56 Å². The van der Waals surface area contributed by atoms with Crippen LogP contribution >= 0.6 is 0 Å². The zero-order valence-corrected chi connectivity index (χ0v) is 8.78. The maximum absolute atomic E-state index is 13.3. The van der Waals surface area contributed by atoms with Gasteiger partial charge in [-0.05, 0) is 23.8 Å². The van der Waals surface area contributed by atoms with Gasteiger partial charge in [0.2, 0.25) is 0 Å². The van der Waals surface area contributed by atoms with Crippen molar-refractivity contribution < 1.29 is 9.50 Å². The average Bonchev–Trinajstić information content (AvgIpc) is 2.29. The number of hydrogen-bond acceptors (Lipinski definition) is 3. The Bertz CT molecular complexity index is 487. The van der Waals surface area contributed by atoms with E-state index in [4.69, 9.17) is 5.11 Å². The van der Waals surface area contributed by atoms with Crippen molar-refractivity contribution in [1.82, 2.24) is 10.3 Å². The Morgan fingerprint density at radius 3 is 3.06 bits per heavy atom. The molecule has 0 saturated carbocycles. The van der Waals surface area contributed by atoms with E-state index in [1.165, 1.54) is 12.1 Å². The SMILES string of the molecule is OCCNCc1cc(F)cc2cccnc12. The molecule has 0 aliphatic carbocycles. The van der Waals surface area contributed by atoms with E-state index in [1.54, 1.807) is 12.3 Å². The molecule has 0 saturated heterocycles. The van der Waals surface area contributed by atoms with Gasteiger partial charge in [-0.15, -0.1) is 0 Å². The minimum Gasteiger partial charge on any atom is -0.395 e. The van der Waals surface area contributed by atoms with Gasteiger partial charge in [0.1, 0.15) is 5.82 Å². The molecule has 1 heterocycles. The van der Waals surface area contributed by atoms with Crippen LogP contribution in [0.4, 0.5) is 4.39 Å². The molecule has 4 heteroatoms. The zero-order chi connectivity index (χ0) is 11.4. The van der Waals surface area contributed by atoms with Gasteiger partial charge in [0.05, 0.1) is 12.1 Å². The second-order valence-corrected chi connectivity index (χ2v) is 3.54. The highest BCUT2D eigenvalue weighted by atomic mass is 19.1. The Balaban J connectivity index is 2.34. The van der Waals surface area contributed by atoms with Gasteiger partial charge in [-0.25, -0.2) is 4.39 Å². The van der Waals surface area contributed by atoms with Crippen LogP contribution in [0.15, 0.2) is 30.5 Å². The number of halogens is 1. The Hall–Kier alpha value is -1.52. The van der Waals surface area contributed by atoms with E-state index in [9.17, 15) is 4.39 Å². The van der Waals surface area contributed by atoms with E-state index in [1.807, 2.05) is 6.07 Å². The first-order chi connectivity index (χ1) is 7.81. The Morgan fingerprint density at radius 2 is 2.25 bits per heavy atom. The van der Waals surface area contributed by atoms with Gasteiger partial charge in [0, 0.05) is 24.7 Å². The summed E-state index contributed by atoms with van der Waals surface area (Å²) in [7, 11) is 0. The van der Waals surface area contributed by atoms with E-state index in [-0.39, 0.29) is 12.4 Å². The lowest BCUT2D eigenvalue weighted by atomic mass is 10.1. The van der Waals surface area contributed by atoms with Gasteiger partial charge in [-0.3, -0.25) is 4.98 Å². The second-order valence-electron chi connectivity index (χ2n) is 3.54. The molecule has 0 unspecified atom stereocenters. The highest BCUT2D eigenvalue weighted by Crippen LogP contribution is 2.18. The van der Waals surface area contributed by atoms with Crippen LogP contribution in [0.5, 0.6) is 0 Å². The maximum Gasteiger partial charge on any atom is 0.124 e. The molecule has 2 N–H and O–H groups in total. The minimum absolute atomic E-state index is 0.0701. The van der Waals surface area contributed by atoms with Crippen molar-refractivity contribution in [1.29, 1.82) is 0 Å². The Morgan fingerprint density at radius 1 is 1.38 bits per heavy atom. The van der Waals surface area contributed by atoms with Crippen LogP contribution in [0.25, 0.3) is 10.9 Å². The molecular formula is C12H13FN2O. The fourth-order valence-corrected chi connectivity index (χ4v) is 1.66. The molecule has 0 atom stereocenters. The summed E-state index contributed by atoms with van der Waals surface area (Å²) in [5.41, 5.74) is 1.61. The molecule has 0 fully saturated rings. The van der Waals surface area contributed by atoms with Crippen LogP contribution in [0.3, 0.4) is 0 Å². The van der Waals surface area contributed by atoms with Crippen molar-refractivity contribution in [3.8, 4) is 0 Å². The number of nitrogens with one attached hydrogen (secondary N) is 1. The molecule has 0 amide bonds. The number of aliphatic hydroxyl groups is 1. The summed E-state index contributed by atoms with van der Waals surface area (Å²) >= 11 is 0. The smallest absolute Gasteiger partial charge is 0.124 e. The summed E-state index contributed by atoms with van der Waals surface area (Å²) < 4.78 is 13.3. The first kappa shape index (κ1) is 11.0. The fourth-order valence-electron chi connectivity index (χ4n) is 1.66. The fraction of sp³-hybridized carbons (Fsp3) is 0.250. The molecule has 2 aromatic rings. The van der Waals surface area contributed by atoms with E-state index in [2.05, 4.69) is 10.3 Å². The van der Waals surface area contributed by atoms with E-state index < -0.39 is 0 Å². The summed E-state index contributed by atoms with van der Waals surface area (Å²) in [4.78, 5) is 4.23. The topological polar surface area (TPSA) is 45.1 Å². The number of aromatic nitrogens is 1. The molecule has 2 rings (SSSR count). The van der Waals surface area contributed by atoms with Gasteiger partial charge in [0.15, 0.2) is 0 Å². The number of rotatable bonds is 4. The monoisotopic (exact) mass is 220 g/mol. The summed E-state index contributed by atoms with van der Waals surface area (Å²) in [6.07, 6.45) is 1.69. The number of benzene rings is 1. The number of nitrogens with zero attached hydrogens (tertiary/aromatic N) is 1. The van der Waals surface area contributed by atoms with E-state index in [0.717, 1.165) is 16.5 Å². The molecular weight excluding hydrogens is 207 g/mol. The standard InChI is InChI=1S/C12H13FN2O/c13-11-6-9-2-1-3-15-12(9)10(7-11)8-14-4-5-16/h1-3,6-7,14,16H,4-5,8H2.